The zero-order valence-corrected chi connectivity index (χ0v) is 7.95. The third-order valence-electron chi connectivity index (χ3n) is 1.95. The molecule has 2 rings (SSSR count). The molecule has 66 valence electrons. The number of aldehydes is 1. The molecule has 0 spiro atoms. The third-order valence-corrected chi connectivity index (χ3v) is 3.90. The van der Waals surface area contributed by atoms with Crippen LogP contribution in [-0.4, -0.2) is 6.29 Å². The minimum atomic E-state index is -0.359. The first kappa shape index (κ1) is 8.32. The summed E-state index contributed by atoms with van der Waals surface area (Å²) in [6, 6.07) is 7.76. The Kier molecular flexibility index (Phi) is 2.32. The Hall–Kier alpha value is -1.28. The lowest BCUT2D eigenvalue weighted by Gasteiger charge is -2.11. The van der Waals surface area contributed by atoms with Crippen molar-refractivity contribution >= 4 is 17.2 Å². The normalized spacial score (nSPS) is 16.5. The summed E-state index contributed by atoms with van der Waals surface area (Å²) in [7, 11) is -0.359. The van der Waals surface area contributed by atoms with E-state index in [1.165, 1.54) is 0 Å². The highest BCUT2D eigenvalue weighted by Crippen LogP contribution is 2.43. The summed E-state index contributed by atoms with van der Waals surface area (Å²) in [5.41, 5.74) is 0.810. The van der Waals surface area contributed by atoms with Crippen LogP contribution in [0.5, 0.6) is 0 Å². The molecule has 0 fully saturated rings. The predicted octanol–water partition coefficient (Wildman–Crippen LogP) is 2.90. The van der Waals surface area contributed by atoms with Crippen molar-refractivity contribution in [3.8, 4) is 0 Å². The summed E-state index contributed by atoms with van der Waals surface area (Å²) in [6.07, 6.45) is 5.00. The van der Waals surface area contributed by atoms with Gasteiger partial charge in [-0.1, -0.05) is 30.4 Å². The maximum Gasteiger partial charge on any atom is 0.151 e. The van der Waals surface area contributed by atoms with E-state index in [1.54, 1.807) is 0 Å². The van der Waals surface area contributed by atoms with Gasteiger partial charge in [0.05, 0.1) is 0 Å². The summed E-state index contributed by atoms with van der Waals surface area (Å²) < 4.78 is 0. The summed E-state index contributed by atoms with van der Waals surface area (Å²) >= 11 is 0. The molecule has 1 aromatic rings. The van der Waals surface area contributed by atoms with Gasteiger partial charge in [0.15, 0.2) is 6.29 Å². The molecule has 1 aliphatic rings. The minimum absolute atomic E-state index is 0.359. The lowest BCUT2D eigenvalue weighted by atomic mass is 10.2. The zero-order chi connectivity index (χ0) is 9.10. The number of carbonyl (C=O) groups excluding carboxylic acids is 1. The number of hydrogen-bond donors (Lipinski definition) is 1. The van der Waals surface area contributed by atoms with Crippen molar-refractivity contribution in [1.82, 2.24) is 0 Å². The van der Waals surface area contributed by atoms with E-state index in [4.69, 9.17) is 0 Å². The predicted molar refractivity (Wildman–Crippen MR) is 57.4 cm³/mol. The fraction of sp³-hybridized carbons (Fsp3) is 0. The zero-order valence-electron chi connectivity index (χ0n) is 7.05. The van der Waals surface area contributed by atoms with Crippen LogP contribution in [0, 0.1) is 0 Å². The van der Waals surface area contributed by atoms with E-state index in [0.717, 1.165) is 16.7 Å². The van der Waals surface area contributed by atoms with Crippen molar-refractivity contribution in [2.75, 3.05) is 0 Å². The first-order valence-electron chi connectivity index (χ1n) is 4.09. The summed E-state index contributed by atoms with van der Waals surface area (Å²) in [4.78, 5) is 11.9. The number of rotatable bonds is 2. The van der Waals surface area contributed by atoms with Gasteiger partial charge in [-0.2, -0.15) is 10.9 Å². The van der Waals surface area contributed by atoms with Gasteiger partial charge in [-0.25, -0.2) is 0 Å². The molecule has 0 saturated carbocycles. The molecule has 1 nitrogen and oxygen atoms in total. The van der Waals surface area contributed by atoms with E-state index in [-0.39, 0.29) is 10.9 Å². The molecule has 0 radical (unpaired) electrons. The summed E-state index contributed by atoms with van der Waals surface area (Å²) in [6.45, 7) is 0. The van der Waals surface area contributed by atoms with E-state index in [1.807, 2.05) is 36.4 Å². The van der Waals surface area contributed by atoms with Crippen LogP contribution >= 0.6 is 10.9 Å². The van der Waals surface area contributed by atoms with Gasteiger partial charge < -0.3 is 0 Å². The Bertz CT molecular complexity index is 367. The standard InChI is InChI=1S/C11H10OS/c12-9-10-5-1-2-6-11(10)13-7-3-4-8-13/h1-9,13H. The van der Waals surface area contributed by atoms with Crippen molar-refractivity contribution in [1.29, 1.82) is 0 Å². The lowest BCUT2D eigenvalue weighted by Crippen LogP contribution is -1.85. The molecule has 0 saturated heterocycles. The van der Waals surface area contributed by atoms with E-state index >= 15 is 0 Å². The van der Waals surface area contributed by atoms with Crippen molar-refractivity contribution in [3.63, 3.8) is 0 Å². The number of hydrogen-bond acceptors (Lipinski definition) is 1. The Balaban J connectivity index is 2.43. The molecule has 0 bridgehead atoms. The van der Waals surface area contributed by atoms with Crippen molar-refractivity contribution < 1.29 is 4.79 Å². The van der Waals surface area contributed by atoms with Gasteiger partial charge in [0.25, 0.3) is 0 Å². The molecule has 1 aromatic carbocycles. The fourth-order valence-corrected chi connectivity index (χ4v) is 2.99. The van der Waals surface area contributed by atoms with Crippen molar-refractivity contribution in [2.24, 2.45) is 0 Å². The van der Waals surface area contributed by atoms with Gasteiger partial charge in [0, 0.05) is 10.5 Å². The quantitative estimate of drug-likeness (QED) is 0.560. The molecule has 0 aromatic heterocycles. The maximum absolute atomic E-state index is 10.7. The van der Waals surface area contributed by atoms with E-state index < -0.39 is 0 Å². The molecular formula is C11H10OS. The highest BCUT2D eigenvalue weighted by molar-refractivity contribution is 8.22. The maximum atomic E-state index is 10.7. The van der Waals surface area contributed by atoms with E-state index in [2.05, 4.69) is 10.8 Å². The Morgan fingerprint density at radius 2 is 1.77 bits per heavy atom. The SMILES string of the molecule is O=Cc1ccccc1[SH]1C=CC=C1. The topological polar surface area (TPSA) is 17.1 Å². The Labute approximate surface area is 80.1 Å². The summed E-state index contributed by atoms with van der Waals surface area (Å²) in [5, 5.41) is 4.30. The van der Waals surface area contributed by atoms with Crippen LogP contribution in [0.1, 0.15) is 10.4 Å². The van der Waals surface area contributed by atoms with Crippen LogP contribution in [0.4, 0.5) is 0 Å². The molecular weight excluding hydrogens is 180 g/mol. The minimum Gasteiger partial charge on any atom is -0.298 e. The van der Waals surface area contributed by atoms with Crippen LogP contribution in [-0.2, 0) is 0 Å². The first-order valence-corrected chi connectivity index (χ1v) is 5.57. The molecule has 1 heterocycles. The molecule has 0 N–H and O–H groups in total. The monoisotopic (exact) mass is 190 g/mol. The van der Waals surface area contributed by atoms with Gasteiger partial charge in [-0.05, 0) is 16.9 Å². The number of carbonyl (C=O) groups is 1. The average Bonchev–Trinajstić information content (AvgIpc) is 2.70. The highest BCUT2D eigenvalue weighted by Gasteiger charge is 2.06. The fourth-order valence-electron chi connectivity index (χ4n) is 1.32. The lowest BCUT2D eigenvalue weighted by molar-refractivity contribution is 0.112. The third kappa shape index (κ3) is 1.58. The second-order valence-electron chi connectivity index (χ2n) is 2.77. The molecule has 0 unspecified atom stereocenters. The Morgan fingerprint density at radius 3 is 2.46 bits per heavy atom. The Morgan fingerprint density at radius 1 is 1.08 bits per heavy atom. The summed E-state index contributed by atoms with van der Waals surface area (Å²) in [5.74, 6) is 0. The van der Waals surface area contributed by atoms with Gasteiger partial charge in [0.2, 0.25) is 0 Å². The molecule has 0 atom stereocenters. The smallest absolute Gasteiger partial charge is 0.151 e. The first-order chi connectivity index (χ1) is 6.42. The van der Waals surface area contributed by atoms with Gasteiger partial charge in [-0.15, -0.1) is 0 Å². The number of thiol groups is 1. The molecule has 13 heavy (non-hydrogen) atoms. The van der Waals surface area contributed by atoms with Gasteiger partial charge in [0.1, 0.15) is 0 Å². The number of benzene rings is 1. The van der Waals surface area contributed by atoms with Crippen molar-refractivity contribution in [2.45, 2.75) is 4.90 Å². The van der Waals surface area contributed by atoms with Gasteiger partial charge >= 0.3 is 0 Å². The number of allylic oxidation sites excluding steroid dienone is 2. The van der Waals surface area contributed by atoms with E-state index in [0.29, 0.717) is 0 Å². The second kappa shape index (κ2) is 3.62. The van der Waals surface area contributed by atoms with Crippen molar-refractivity contribution in [3.05, 3.63) is 52.8 Å². The van der Waals surface area contributed by atoms with Gasteiger partial charge in [-0.3, -0.25) is 4.79 Å². The molecule has 1 aliphatic heterocycles. The van der Waals surface area contributed by atoms with E-state index in [9.17, 15) is 4.79 Å². The largest absolute Gasteiger partial charge is 0.298 e. The average molecular weight is 190 g/mol. The second-order valence-corrected chi connectivity index (χ2v) is 4.66. The molecule has 0 aliphatic carbocycles. The van der Waals surface area contributed by atoms with Crippen LogP contribution in [0.15, 0.2) is 52.1 Å². The van der Waals surface area contributed by atoms with Crippen LogP contribution in [0.25, 0.3) is 0 Å². The van der Waals surface area contributed by atoms with Crippen LogP contribution in [0.3, 0.4) is 0 Å². The molecule has 0 amide bonds. The van der Waals surface area contributed by atoms with Crippen LogP contribution in [0.2, 0.25) is 0 Å². The molecule has 2 heteroatoms. The van der Waals surface area contributed by atoms with Crippen LogP contribution < -0.4 is 0 Å². The highest BCUT2D eigenvalue weighted by atomic mass is 32.2.